The summed E-state index contributed by atoms with van der Waals surface area (Å²) >= 11 is 0. The van der Waals surface area contributed by atoms with E-state index in [1.807, 2.05) is 0 Å². The summed E-state index contributed by atoms with van der Waals surface area (Å²) < 4.78 is 10.3. The van der Waals surface area contributed by atoms with Crippen molar-refractivity contribution >= 4 is 11.6 Å². The normalized spacial score (nSPS) is 11.1. The molecule has 6 heteroatoms. The summed E-state index contributed by atoms with van der Waals surface area (Å²) in [6, 6.07) is 4.95. The zero-order chi connectivity index (χ0) is 12.8. The minimum absolute atomic E-state index is 0.219. The maximum absolute atomic E-state index is 10.6. The number of carbonyl (C=O) groups excluding carboxylic acids is 1. The van der Waals surface area contributed by atoms with Gasteiger partial charge in [-0.05, 0) is 25.1 Å². The first-order valence-corrected chi connectivity index (χ1v) is 4.86. The van der Waals surface area contributed by atoms with E-state index in [0.717, 1.165) is 0 Å². The molecular formula is C11H14N2O4. The lowest BCUT2D eigenvalue weighted by molar-refractivity contribution is -0.119. The predicted octanol–water partition coefficient (Wildman–Crippen LogP) is 0.758. The number of rotatable bonds is 5. The van der Waals surface area contributed by atoms with Gasteiger partial charge in [-0.2, -0.15) is 0 Å². The van der Waals surface area contributed by atoms with Crippen molar-refractivity contribution in [1.29, 1.82) is 0 Å². The number of ether oxygens (including phenoxy) is 2. The molecule has 0 saturated carbocycles. The molecule has 0 bridgehead atoms. The second-order valence-electron chi connectivity index (χ2n) is 3.31. The Hall–Kier alpha value is -2.24. The molecule has 17 heavy (non-hydrogen) atoms. The van der Waals surface area contributed by atoms with Gasteiger partial charge in [-0.3, -0.25) is 4.79 Å². The molecule has 0 aromatic heterocycles. The molecule has 0 aliphatic rings. The minimum Gasteiger partial charge on any atom is -0.493 e. The summed E-state index contributed by atoms with van der Waals surface area (Å²) in [5.74, 6) is 0.275. The molecule has 0 spiro atoms. The fraction of sp³-hybridized carbons (Fsp3) is 0.273. The van der Waals surface area contributed by atoms with Crippen LogP contribution in [0.25, 0.3) is 0 Å². The number of nitrogens with zero attached hydrogens (tertiary/aromatic N) is 1. The molecule has 1 amide bonds. The Morgan fingerprint density at radius 2 is 2.18 bits per heavy atom. The Kier molecular flexibility index (Phi) is 4.33. The SMILES string of the molecule is COc1cc(/C(C)=N/O)ccc1OCC(N)=O. The van der Waals surface area contributed by atoms with Gasteiger partial charge in [-0.15, -0.1) is 0 Å². The van der Waals surface area contributed by atoms with E-state index in [0.29, 0.717) is 22.8 Å². The Bertz CT molecular complexity index is 443. The van der Waals surface area contributed by atoms with Crippen LogP contribution in [0.2, 0.25) is 0 Å². The van der Waals surface area contributed by atoms with Crippen molar-refractivity contribution < 1.29 is 19.5 Å². The van der Waals surface area contributed by atoms with E-state index in [1.165, 1.54) is 7.11 Å². The maximum Gasteiger partial charge on any atom is 0.255 e. The van der Waals surface area contributed by atoms with Gasteiger partial charge < -0.3 is 20.4 Å². The summed E-state index contributed by atoms with van der Waals surface area (Å²) in [6.07, 6.45) is 0. The molecule has 1 rings (SSSR count). The number of methoxy groups -OCH3 is 1. The largest absolute Gasteiger partial charge is 0.493 e. The average molecular weight is 238 g/mol. The van der Waals surface area contributed by atoms with Crippen molar-refractivity contribution in [1.82, 2.24) is 0 Å². The number of hydrogen-bond donors (Lipinski definition) is 2. The Labute approximate surface area is 98.6 Å². The molecule has 3 N–H and O–H groups in total. The summed E-state index contributed by atoms with van der Waals surface area (Å²) in [4.78, 5) is 10.6. The zero-order valence-electron chi connectivity index (χ0n) is 9.64. The average Bonchev–Trinajstić information content (AvgIpc) is 2.34. The molecule has 0 fully saturated rings. The highest BCUT2D eigenvalue weighted by Gasteiger charge is 2.08. The molecular weight excluding hydrogens is 224 g/mol. The Morgan fingerprint density at radius 3 is 2.71 bits per heavy atom. The van der Waals surface area contributed by atoms with Crippen molar-refractivity contribution in [3.8, 4) is 11.5 Å². The minimum atomic E-state index is -0.566. The van der Waals surface area contributed by atoms with E-state index in [9.17, 15) is 4.79 Å². The molecule has 92 valence electrons. The quantitative estimate of drug-likeness (QED) is 0.449. The van der Waals surface area contributed by atoms with Gasteiger partial charge in [0.05, 0.1) is 12.8 Å². The van der Waals surface area contributed by atoms with Crippen LogP contribution in [0.5, 0.6) is 11.5 Å². The lowest BCUT2D eigenvalue weighted by Gasteiger charge is -2.10. The van der Waals surface area contributed by atoms with Crippen molar-refractivity contribution in [2.24, 2.45) is 10.9 Å². The van der Waals surface area contributed by atoms with Crippen LogP contribution in [-0.4, -0.2) is 30.5 Å². The third-order valence-corrected chi connectivity index (χ3v) is 2.10. The van der Waals surface area contributed by atoms with Crippen molar-refractivity contribution in [2.45, 2.75) is 6.92 Å². The first-order valence-electron chi connectivity index (χ1n) is 4.86. The number of carbonyl (C=O) groups is 1. The Balaban J connectivity index is 2.97. The molecule has 0 atom stereocenters. The van der Waals surface area contributed by atoms with E-state index in [-0.39, 0.29) is 6.61 Å². The second kappa shape index (κ2) is 5.74. The lowest BCUT2D eigenvalue weighted by Crippen LogP contribution is -2.20. The number of nitrogens with two attached hydrogens (primary N) is 1. The highest BCUT2D eigenvalue weighted by molar-refractivity contribution is 5.98. The lowest BCUT2D eigenvalue weighted by atomic mass is 10.1. The van der Waals surface area contributed by atoms with Crippen LogP contribution >= 0.6 is 0 Å². The van der Waals surface area contributed by atoms with Crippen LogP contribution in [-0.2, 0) is 4.79 Å². The Morgan fingerprint density at radius 1 is 1.47 bits per heavy atom. The van der Waals surface area contributed by atoms with Crippen LogP contribution in [0, 0.1) is 0 Å². The molecule has 1 aromatic carbocycles. The van der Waals surface area contributed by atoms with Crippen LogP contribution in [0.3, 0.4) is 0 Å². The summed E-state index contributed by atoms with van der Waals surface area (Å²) in [7, 11) is 1.47. The van der Waals surface area contributed by atoms with Gasteiger partial charge in [0.1, 0.15) is 0 Å². The van der Waals surface area contributed by atoms with Gasteiger partial charge in [-0.1, -0.05) is 5.16 Å². The van der Waals surface area contributed by atoms with E-state index >= 15 is 0 Å². The molecule has 0 radical (unpaired) electrons. The monoisotopic (exact) mass is 238 g/mol. The van der Waals surface area contributed by atoms with Crippen LogP contribution in [0.4, 0.5) is 0 Å². The first kappa shape index (κ1) is 12.8. The predicted molar refractivity (Wildman–Crippen MR) is 61.7 cm³/mol. The highest BCUT2D eigenvalue weighted by atomic mass is 16.5. The van der Waals surface area contributed by atoms with E-state index < -0.39 is 5.91 Å². The van der Waals surface area contributed by atoms with Gasteiger partial charge >= 0.3 is 0 Å². The molecule has 0 heterocycles. The third kappa shape index (κ3) is 3.37. The maximum atomic E-state index is 10.6. The summed E-state index contributed by atoms with van der Waals surface area (Å²) in [6.45, 7) is 1.43. The van der Waals surface area contributed by atoms with Crippen molar-refractivity contribution in [3.63, 3.8) is 0 Å². The van der Waals surface area contributed by atoms with Gasteiger partial charge in [0.2, 0.25) is 0 Å². The number of oxime groups is 1. The fourth-order valence-electron chi connectivity index (χ4n) is 1.22. The summed E-state index contributed by atoms with van der Waals surface area (Å²) in [5.41, 5.74) is 6.11. The molecule has 6 nitrogen and oxygen atoms in total. The van der Waals surface area contributed by atoms with Gasteiger partial charge in [-0.25, -0.2) is 0 Å². The molecule has 0 unspecified atom stereocenters. The smallest absolute Gasteiger partial charge is 0.255 e. The van der Waals surface area contributed by atoms with Crippen LogP contribution < -0.4 is 15.2 Å². The molecule has 0 aliphatic carbocycles. The van der Waals surface area contributed by atoms with E-state index in [1.54, 1.807) is 25.1 Å². The third-order valence-electron chi connectivity index (χ3n) is 2.10. The van der Waals surface area contributed by atoms with Gasteiger partial charge in [0.25, 0.3) is 5.91 Å². The molecule has 1 aromatic rings. The first-order chi connectivity index (χ1) is 8.08. The molecule has 0 aliphatic heterocycles. The number of benzene rings is 1. The summed E-state index contributed by atoms with van der Waals surface area (Å²) in [5, 5.41) is 11.7. The van der Waals surface area contributed by atoms with E-state index in [4.69, 9.17) is 20.4 Å². The molecule has 0 saturated heterocycles. The standard InChI is InChI=1S/C11H14N2O4/c1-7(13-15)8-3-4-9(10(5-8)16-2)17-6-11(12)14/h3-5,15H,6H2,1-2H3,(H2,12,14)/b13-7+. The van der Waals surface area contributed by atoms with Gasteiger partial charge in [0, 0.05) is 5.56 Å². The second-order valence-corrected chi connectivity index (χ2v) is 3.31. The van der Waals surface area contributed by atoms with Crippen LogP contribution in [0.15, 0.2) is 23.4 Å². The highest BCUT2D eigenvalue weighted by Crippen LogP contribution is 2.28. The number of hydrogen-bond acceptors (Lipinski definition) is 5. The topological polar surface area (TPSA) is 94.1 Å². The van der Waals surface area contributed by atoms with Crippen molar-refractivity contribution in [3.05, 3.63) is 23.8 Å². The van der Waals surface area contributed by atoms with Gasteiger partial charge in [0.15, 0.2) is 18.1 Å². The fourth-order valence-corrected chi connectivity index (χ4v) is 1.22. The van der Waals surface area contributed by atoms with Crippen LogP contribution in [0.1, 0.15) is 12.5 Å². The number of amides is 1. The van der Waals surface area contributed by atoms with Crippen molar-refractivity contribution in [2.75, 3.05) is 13.7 Å². The zero-order valence-corrected chi connectivity index (χ0v) is 9.64. The van der Waals surface area contributed by atoms with E-state index in [2.05, 4.69) is 5.16 Å². The number of primary amides is 1.